The van der Waals surface area contributed by atoms with Gasteiger partial charge in [0.2, 0.25) is 0 Å². The lowest BCUT2D eigenvalue weighted by molar-refractivity contribution is -0.123. The first-order valence-corrected chi connectivity index (χ1v) is 5.41. The molecule has 0 saturated carbocycles. The van der Waals surface area contributed by atoms with E-state index in [1.54, 1.807) is 0 Å². The number of carbonyl (C=O) groups excluding carboxylic acids is 1. The Morgan fingerprint density at radius 2 is 1.93 bits per heavy atom. The lowest BCUT2D eigenvalue weighted by Crippen LogP contribution is -2.50. The highest BCUT2D eigenvalue weighted by atomic mass is 16.1. The van der Waals surface area contributed by atoms with E-state index in [9.17, 15) is 4.79 Å². The lowest BCUT2D eigenvalue weighted by atomic mass is 9.82. The van der Waals surface area contributed by atoms with Crippen molar-refractivity contribution in [3.05, 3.63) is 35.9 Å². The fraction of sp³-hybridized carbons (Fsp3) is 0.462. The van der Waals surface area contributed by atoms with Crippen molar-refractivity contribution in [1.82, 2.24) is 5.32 Å². The molecule has 0 aliphatic carbocycles. The highest BCUT2D eigenvalue weighted by molar-refractivity contribution is 5.87. The molecule has 1 unspecified atom stereocenters. The van der Waals surface area contributed by atoms with Crippen LogP contribution in [0.5, 0.6) is 0 Å². The van der Waals surface area contributed by atoms with Gasteiger partial charge in [-0.05, 0) is 19.4 Å². The molecule has 1 atom stereocenters. The largest absolute Gasteiger partial charge is 0.310 e. The fourth-order valence-electron chi connectivity index (χ4n) is 2.10. The molecule has 1 N–H and O–H groups in total. The van der Waals surface area contributed by atoms with Crippen molar-refractivity contribution in [3.8, 4) is 0 Å². The van der Waals surface area contributed by atoms with Crippen LogP contribution in [0.4, 0.5) is 0 Å². The van der Waals surface area contributed by atoms with Crippen molar-refractivity contribution in [2.45, 2.75) is 31.7 Å². The molecule has 15 heavy (non-hydrogen) atoms. The van der Waals surface area contributed by atoms with Gasteiger partial charge in [0.15, 0.2) is 0 Å². The van der Waals surface area contributed by atoms with Gasteiger partial charge in [0.1, 0.15) is 5.78 Å². The van der Waals surface area contributed by atoms with E-state index in [4.69, 9.17) is 0 Å². The summed E-state index contributed by atoms with van der Waals surface area (Å²) in [5, 5.41) is 3.42. The molecule has 1 aromatic carbocycles. The zero-order valence-corrected chi connectivity index (χ0v) is 9.29. The first-order valence-electron chi connectivity index (χ1n) is 5.41. The van der Waals surface area contributed by atoms with E-state index in [0.29, 0.717) is 12.2 Å². The van der Waals surface area contributed by atoms with Gasteiger partial charge in [-0.25, -0.2) is 0 Å². The number of hydrogen-bond donors (Lipinski definition) is 1. The zero-order valence-electron chi connectivity index (χ0n) is 9.29. The van der Waals surface area contributed by atoms with E-state index in [1.165, 1.54) is 0 Å². The van der Waals surface area contributed by atoms with Crippen molar-refractivity contribution >= 4 is 5.78 Å². The molecule has 0 radical (unpaired) electrons. The minimum Gasteiger partial charge on any atom is -0.310 e. The van der Waals surface area contributed by atoms with Gasteiger partial charge in [0.25, 0.3) is 0 Å². The zero-order chi connectivity index (χ0) is 10.9. The van der Waals surface area contributed by atoms with Gasteiger partial charge >= 0.3 is 0 Å². The minimum atomic E-state index is -0.0393. The third-order valence-electron chi connectivity index (χ3n) is 2.99. The van der Waals surface area contributed by atoms with E-state index in [0.717, 1.165) is 12.1 Å². The van der Waals surface area contributed by atoms with Crippen LogP contribution in [0, 0.1) is 0 Å². The summed E-state index contributed by atoms with van der Waals surface area (Å²) in [6.07, 6.45) is 0.618. The molecule has 0 bridgehead atoms. The van der Waals surface area contributed by atoms with Crippen molar-refractivity contribution in [1.29, 1.82) is 0 Å². The Labute approximate surface area is 90.7 Å². The van der Waals surface area contributed by atoms with Crippen LogP contribution in [-0.2, 0) is 4.79 Å². The third kappa shape index (κ3) is 2.26. The molecule has 1 saturated heterocycles. The van der Waals surface area contributed by atoms with Crippen LogP contribution in [0.25, 0.3) is 0 Å². The SMILES string of the molecule is CC1(C)CC(=O)C(c2ccccc2)CN1. The Bertz CT molecular complexity index is 356. The molecule has 1 aliphatic heterocycles. The third-order valence-corrected chi connectivity index (χ3v) is 2.99. The number of ketones is 1. The molecule has 0 aromatic heterocycles. The molecule has 1 aromatic rings. The van der Waals surface area contributed by atoms with Gasteiger partial charge in [-0.3, -0.25) is 4.79 Å². The first kappa shape index (κ1) is 10.4. The second-order valence-electron chi connectivity index (χ2n) is 4.87. The topological polar surface area (TPSA) is 29.1 Å². The number of carbonyl (C=O) groups is 1. The monoisotopic (exact) mass is 203 g/mol. The van der Waals surface area contributed by atoms with Crippen molar-refractivity contribution in [2.75, 3.05) is 6.54 Å². The first-order chi connectivity index (χ1) is 7.08. The predicted octanol–water partition coefficient (Wildman–Crippen LogP) is 2.11. The Morgan fingerprint density at radius 3 is 2.53 bits per heavy atom. The number of hydrogen-bond acceptors (Lipinski definition) is 2. The van der Waals surface area contributed by atoms with Crippen LogP contribution in [0.3, 0.4) is 0 Å². The molecular weight excluding hydrogens is 186 g/mol. The maximum atomic E-state index is 12.0. The van der Waals surface area contributed by atoms with Crippen molar-refractivity contribution in [3.63, 3.8) is 0 Å². The quantitative estimate of drug-likeness (QED) is 0.757. The van der Waals surface area contributed by atoms with Gasteiger partial charge in [0.05, 0.1) is 5.92 Å². The van der Waals surface area contributed by atoms with E-state index in [-0.39, 0.29) is 11.5 Å². The van der Waals surface area contributed by atoms with Crippen LogP contribution >= 0.6 is 0 Å². The summed E-state index contributed by atoms with van der Waals surface area (Å²) < 4.78 is 0. The van der Waals surface area contributed by atoms with Gasteiger partial charge in [-0.1, -0.05) is 30.3 Å². The van der Waals surface area contributed by atoms with Gasteiger partial charge < -0.3 is 5.32 Å². The minimum absolute atomic E-state index is 0.0393. The standard InChI is InChI=1S/C13H17NO/c1-13(2)8-12(15)11(9-14-13)10-6-4-3-5-7-10/h3-7,11,14H,8-9H2,1-2H3. The van der Waals surface area contributed by atoms with Crippen LogP contribution < -0.4 is 5.32 Å². The predicted molar refractivity (Wildman–Crippen MR) is 60.9 cm³/mol. The lowest BCUT2D eigenvalue weighted by Gasteiger charge is -2.34. The molecule has 1 heterocycles. The van der Waals surface area contributed by atoms with Crippen LogP contribution in [0.1, 0.15) is 31.7 Å². The summed E-state index contributed by atoms with van der Waals surface area (Å²) in [5.41, 5.74) is 1.09. The fourth-order valence-corrected chi connectivity index (χ4v) is 2.10. The number of nitrogens with one attached hydrogen (secondary N) is 1. The van der Waals surface area contributed by atoms with Crippen LogP contribution in [0.2, 0.25) is 0 Å². The highest BCUT2D eigenvalue weighted by Gasteiger charge is 2.33. The average Bonchev–Trinajstić information content (AvgIpc) is 2.17. The number of piperidine rings is 1. The molecule has 2 heteroatoms. The molecular formula is C13H17NO. The molecule has 0 amide bonds. The maximum absolute atomic E-state index is 12.0. The Morgan fingerprint density at radius 1 is 1.27 bits per heavy atom. The van der Waals surface area contributed by atoms with Crippen molar-refractivity contribution in [2.24, 2.45) is 0 Å². The molecule has 1 aliphatic rings. The van der Waals surface area contributed by atoms with Gasteiger partial charge in [-0.15, -0.1) is 0 Å². The summed E-state index contributed by atoms with van der Waals surface area (Å²) in [4.78, 5) is 12.0. The normalized spacial score (nSPS) is 25.2. The molecule has 2 rings (SSSR count). The van der Waals surface area contributed by atoms with Gasteiger partial charge in [-0.2, -0.15) is 0 Å². The number of benzene rings is 1. The highest BCUT2D eigenvalue weighted by Crippen LogP contribution is 2.26. The molecule has 1 fully saturated rings. The molecule has 2 nitrogen and oxygen atoms in total. The maximum Gasteiger partial charge on any atom is 0.143 e. The Hall–Kier alpha value is -1.15. The summed E-state index contributed by atoms with van der Waals surface area (Å²) in [5.74, 6) is 0.393. The number of rotatable bonds is 1. The van der Waals surface area contributed by atoms with E-state index in [1.807, 2.05) is 30.3 Å². The molecule has 0 spiro atoms. The van der Waals surface area contributed by atoms with E-state index in [2.05, 4.69) is 19.2 Å². The van der Waals surface area contributed by atoms with Crippen molar-refractivity contribution < 1.29 is 4.79 Å². The smallest absolute Gasteiger partial charge is 0.143 e. The Kier molecular flexibility index (Phi) is 2.61. The summed E-state index contributed by atoms with van der Waals surface area (Å²) >= 11 is 0. The second-order valence-corrected chi connectivity index (χ2v) is 4.87. The van der Waals surface area contributed by atoms with Crippen LogP contribution in [-0.4, -0.2) is 17.9 Å². The summed E-state index contributed by atoms with van der Waals surface area (Å²) in [6, 6.07) is 10.0. The number of Topliss-reactive ketones (excluding diaryl/α,β-unsaturated/α-hetero) is 1. The van der Waals surface area contributed by atoms with E-state index >= 15 is 0 Å². The summed E-state index contributed by atoms with van der Waals surface area (Å²) in [6.45, 7) is 4.91. The van der Waals surface area contributed by atoms with Crippen LogP contribution in [0.15, 0.2) is 30.3 Å². The average molecular weight is 203 g/mol. The summed E-state index contributed by atoms with van der Waals surface area (Å²) in [7, 11) is 0. The van der Waals surface area contributed by atoms with E-state index < -0.39 is 0 Å². The Balaban J connectivity index is 2.17. The molecule has 80 valence electrons. The van der Waals surface area contributed by atoms with Gasteiger partial charge in [0, 0.05) is 18.5 Å². The second kappa shape index (κ2) is 3.78.